The third-order valence-corrected chi connectivity index (χ3v) is 2.11. The third-order valence-electron chi connectivity index (χ3n) is 2.11. The molecule has 5 nitrogen and oxygen atoms in total. The number of rotatable bonds is 5. The van der Waals surface area contributed by atoms with Gasteiger partial charge in [-0.25, -0.2) is 9.59 Å². The molecule has 0 saturated carbocycles. The summed E-state index contributed by atoms with van der Waals surface area (Å²) < 4.78 is 14.4. The molecule has 0 amide bonds. The SMILES string of the molecule is C=C(C)C(=O)OCCOC(=O)Oc1ccc(C)cc1. The molecule has 0 N–H and O–H groups in total. The van der Waals surface area contributed by atoms with E-state index in [0.29, 0.717) is 11.3 Å². The van der Waals surface area contributed by atoms with Gasteiger partial charge >= 0.3 is 12.1 Å². The maximum Gasteiger partial charge on any atom is 0.513 e. The van der Waals surface area contributed by atoms with Crippen LogP contribution in [0.1, 0.15) is 12.5 Å². The van der Waals surface area contributed by atoms with Crippen LogP contribution in [0.5, 0.6) is 5.75 Å². The van der Waals surface area contributed by atoms with Crippen LogP contribution >= 0.6 is 0 Å². The number of aryl methyl sites for hydroxylation is 1. The lowest BCUT2D eigenvalue weighted by atomic mass is 10.2. The van der Waals surface area contributed by atoms with E-state index in [-0.39, 0.29) is 13.2 Å². The highest BCUT2D eigenvalue weighted by Crippen LogP contribution is 2.11. The molecule has 5 heteroatoms. The van der Waals surface area contributed by atoms with Crippen LogP contribution in [0.3, 0.4) is 0 Å². The van der Waals surface area contributed by atoms with Crippen molar-refractivity contribution >= 4 is 12.1 Å². The largest absolute Gasteiger partial charge is 0.513 e. The highest BCUT2D eigenvalue weighted by molar-refractivity contribution is 5.86. The molecule has 0 heterocycles. The molecule has 0 aromatic heterocycles. The first kappa shape index (κ1) is 14.8. The summed E-state index contributed by atoms with van der Waals surface area (Å²) in [5.41, 5.74) is 1.36. The van der Waals surface area contributed by atoms with Crippen molar-refractivity contribution in [2.75, 3.05) is 13.2 Å². The number of benzene rings is 1. The normalized spacial score (nSPS) is 9.58. The van der Waals surface area contributed by atoms with Crippen LogP contribution in [-0.2, 0) is 14.3 Å². The summed E-state index contributed by atoms with van der Waals surface area (Å²) in [7, 11) is 0. The van der Waals surface area contributed by atoms with Crippen molar-refractivity contribution in [3.63, 3.8) is 0 Å². The van der Waals surface area contributed by atoms with Gasteiger partial charge in [-0.3, -0.25) is 0 Å². The van der Waals surface area contributed by atoms with E-state index in [1.807, 2.05) is 19.1 Å². The van der Waals surface area contributed by atoms with Crippen molar-refractivity contribution < 1.29 is 23.8 Å². The molecular weight excluding hydrogens is 248 g/mol. The Hall–Kier alpha value is -2.30. The van der Waals surface area contributed by atoms with E-state index in [4.69, 9.17) is 14.2 Å². The Bertz CT molecular complexity index is 461. The molecule has 0 saturated heterocycles. The standard InChI is InChI=1S/C14H16O5/c1-10(2)13(15)17-8-9-18-14(16)19-12-6-4-11(3)5-7-12/h4-7H,1,8-9H2,2-3H3. The molecule has 19 heavy (non-hydrogen) atoms. The molecule has 0 fully saturated rings. The minimum Gasteiger partial charge on any atom is -0.459 e. The van der Waals surface area contributed by atoms with Crippen LogP contribution in [0.25, 0.3) is 0 Å². The van der Waals surface area contributed by atoms with Gasteiger partial charge in [0, 0.05) is 5.57 Å². The van der Waals surface area contributed by atoms with Gasteiger partial charge in [0.1, 0.15) is 19.0 Å². The maximum atomic E-state index is 11.3. The third kappa shape index (κ3) is 5.72. The minimum absolute atomic E-state index is 0.0330. The molecule has 0 spiro atoms. The Morgan fingerprint density at radius 3 is 2.26 bits per heavy atom. The van der Waals surface area contributed by atoms with Crippen molar-refractivity contribution in [2.24, 2.45) is 0 Å². The highest BCUT2D eigenvalue weighted by atomic mass is 16.7. The lowest BCUT2D eigenvalue weighted by Crippen LogP contribution is -2.16. The lowest BCUT2D eigenvalue weighted by molar-refractivity contribution is -0.140. The Morgan fingerprint density at radius 2 is 1.68 bits per heavy atom. The van der Waals surface area contributed by atoms with Crippen LogP contribution < -0.4 is 4.74 Å². The van der Waals surface area contributed by atoms with Gasteiger partial charge in [-0.2, -0.15) is 0 Å². The second-order valence-electron chi connectivity index (χ2n) is 3.93. The monoisotopic (exact) mass is 264 g/mol. The molecule has 0 radical (unpaired) electrons. The van der Waals surface area contributed by atoms with E-state index in [2.05, 4.69) is 6.58 Å². The van der Waals surface area contributed by atoms with Crippen molar-refractivity contribution in [1.29, 1.82) is 0 Å². The van der Waals surface area contributed by atoms with E-state index >= 15 is 0 Å². The van der Waals surface area contributed by atoms with Crippen LogP contribution in [0.2, 0.25) is 0 Å². The summed E-state index contributed by atoms with van der Waals surface area (Å²) in [6.07, 6.45) is -0.838. The van der Waals surface area contributed by atoms with Gasteiger partial charge in [0.25, 0.3) is 0 Å². The van der Waals surface area contributed by atoms with Gasteiger partial charge in [0.15, 0.2) is 0 Å². The number of hydrogen-bond acceptors (Lipinski definition) is 5. The topological polar surface area (TPSA) is 61.8 Å². The average Bonchev–Trinajstić information content (AvgIpc) is 2.37. The quantitative estimate of drug-likeness (QED) is 0.354. The molecule has 0 aliphatic heterocycles. The number of carbonyl (C=O) groups excluding carboxylic acids is 2. The molecule has 1 aromatic carbocycles. The van der Waals surface area contributed by atoms with Crippen molar-refractivity contribution in [1.82, 2.24) is 0 Å². The predicted molar refractivity (Wildman–Crippen MR) is 68.9 cm³/mol. The fourth-order valence-corrected chi connectivity index (χ4v) is 1.11. The summed E-state index contributed by atoms with van der Waals surface area (Å²) in [6, 6.07) is 6.96. The molecular formula is C14H16O5. The summed E-state index contributed by atoms with van der Waals surface area (Å²) in [5, 5.41) is 0. The maximum absolute atomic E-state index is 11.3. The van der Waals surface area contributed by atoms with Crippen molar-refractivity contribution in [2.45, 2.75) is 13.8 Å². The van der Waals surface area contributed by atoms with Crippen molar-refractivity contribution in [3.8, 4) is 5.75 Å². The zero-order chi connectivity index (χ0) is 14.3. The fraction of sp³-hybridized carbons (Fsp3) is 0.286. The number of esters is 1. The summed E-state index contributed by atoms with van der Waals surface area (Å²) in [6.45, 7) is 6.79. The Morgan fingerprint density at radius 1 is 1.11 bits per heavy atom. The zero-order valence-corrected chi connectivity index (χ0v) is 11.0. The molecule has 102 valence electrons. The van der Waals surface area contributed by atoms with Gasteiger partial charge in [-0.05, 0) is 26.0 Å². The first-order valence-corrected chi connectivity index (χ1v) is 5.73. The van der Waals surface area contributed by atoms with E-state index in [1.54, 1.807) is 12.1 Å². The molecule has 1 rings (SSSR count). The van der Waals surface area contributed by atoms with Gasteiger partial charge < -0.3 is 14.2 Å². The number of ether oxygens (including phenoxy) is 3. The fourth-order valence-electron chi connectivity index (χ4n) is 1.11. The van der Waals surface area contributed by atoms with Crippen molar-refractivity contribution in [3.05, 3.63) is 42.0 Å². The number of hydrogen-bond donors (Lipinski definition) is 0. The van der Waals surface area contributed by atoms with Crippen LogP contribution in [0, 0.1) is 6.92 Å². The summed E-state index contributed by atoms with van der Waals surface area (Å²) in [5.74, 6) is -0.120. The van der Waals surface area contributed by atoms with E-state index in [9.17, 15) is 9.59 Å². The highest BCUT2D eigenvalue weighted by Gasteiger charge is 2.07. The molecule has 1 aromatic rings. The van der Waals surface area contributed by atoms with Gasteiger partial charge in [-0.1, -0.05) is 24.3 Å². The second-order valence-corrected chi connectivity index (χ2v) is 3.93. The first-order valence-electron chi connectivity index (χ1n) is 5.73. The molecule has 0 bridgehead atoms. The number of carbonyl (C=O) groups is 2. The van der Waals surface area contributed by atoms with Crippen LogP contribution in [-0.4, -0.2) is 25.3 Å². The Kier molecular flexibility index (Phi) is 5.60. The molecule has 0 aliphatic carbocycles. The first-order chi connectivity index (χ1) is 8.99. The van der Waals surface area contributed by atoms with Crippen LogP contribution in [0.15, 0.2) is 36.4 Å². The smallest absolute Gasteiger partial charge is 0.459 e. The summed E-state index contributed by atoms with van der Waals surface area (Å²) in [4.78, 5) is 22.3. The minimum atomic E-state index is -0.838. The second kappa shape index (κ2) is 7.20. The van der Waals surface area contributed by atoms with E-state index in [0.717, 1.165) is 5.56 Å². The Balaban J connectivity index is 2.23. The molecule has 0 atom stereocenters. The zero-order valence-electron chi connectivity index (χ0n) is 11.0. The van der Waals surface area contributed by atoms with E-state index < -0.39 is 12.1 Å². The van der Waals surface area contributed by atoms with E-state index in [1.165, 1.54) is 6.92 Å². The molecule has 0 aliphatic rings. The average molecular weight is 264 g/mol. The van der Waals surface area contributed by atoms with Gasteiger partial charge in [0.05, 0.1) is 0 Å². The van der Waals surface area contributed by atoms with Gasteiger partial charge in [0.2, 0.25) is 0 Å². The van der Waals surface area contributed by atoms with Gasteiger partial charge in [-0.15, -0.1) is 0 Å². The molecule has 0 unspecified atom stereocenters. The van der Waals surface area contributed by atoms with Crippen LogP contribution in [0.4, 0.5) is 4.79 Å². The lowest BCUT2D eigenvalue weighted by Gasteiger charge is -2.07. The predicted octanol–water partition coefficient (Wildman–Crippen LogP) is 2.63. The Labute approximate surface area is 111 Å². The summed E-state index contributed by atoms with van der Waals surface area (Å²) >= 11 is 0.